The lowest BCUT2D eigenvalue weighted by Crippen LogP contribution is -2.40. The van der Waals surface area contributed by atoms with Crippen LogP contribution in [0.3, 0.4) is 0 Å². The van der Waals surface area contributed by atoms with Gasteiger partial charge in [-0.05, 0) is 38.5 Å². The molecule has 0 atom stereocenters. The number of rotatable bonds is 2. The number of amides is 2. The van der Waals surface area contributed by atoms with Crippen molar-refractivity contribution in [1.29, 1.82) is 0 Å². The van der Waals surface area contributed by atoms with Crippen molar-refractivity contribution in [1.82, 2.24) is 9.88 Å². The summed E-state index contributed by atoms with van der Waals surface area (Å²) in [6, 6.07) is 0. The third-order valence-electron chi connectivity index (χ3n) is 4.39. The molecule has 0 unspecified atom stereocenters. The van der Waals surface area contributed by atoms with Crippen molar-refractivity contribution in [3.63, 3.8) is 0 Å². The Labute approximate surface area is 128 Å². The summed E-state index contributed by atoms with van der Waals surface area (Å²) in [5.41, 5.74) is 1.17. The molecular formula is C15H21N3O2S. The van der Waals surface area contributed by atoms with Gasteiger partial charge in [-0.15, -0.1) is 11.3 Å². The molecule has 1 aromatic heterocycles. The monoisotopic (exact) mass is 307 g/mol. The van der Waals surface area contributed by atoms with E-state index in [0.717, 1.165) is 30.8 Å². The fraction of sp³-hybridized carbons (Fsp3) is 0.667. The number of carbonyl (C=O) groups excluding carboxylic acids is 2. The molecule has 6 heteroatoms. The number of piperidine rings is 1. The van der Waals surface area contributed by atoms with Gasteiger partial charge in [0, 0.05) is 30.8 Å². The zero-order valence-electron chi connectivity index (χ0n) is 12.4. The minimum atomic E-state index is 0.00141. The number of thiazole rings is 1. The summed E-state index contributed by atoms with van der Waals surface area (Å²) in [6.07, 6.45) is 6.06. The molecule has 0 bridgehead atoms. The topological polar surface area (TPSA) is 62.3 Å². The van der Waals surface area contributed by atoms with E-state index >= 15 is 0 Å². The third kappa shape index (κ3) is 3.26. The highest BCUT2D eigenvalue weighted by Gasteiger charge is 2.27. The van der Waals surface area contributed by atoms with Gasteiger partial charge in [0.15, 0.2) is 5.13 Å². The maximum absolute atomic E-state index is 12.3. The molecule has 0 radical (unpaired) electrons. The van der Waals surface area contributed by atoms with Crippen LogP contribution in [0.1, 0.15) is 43.2 Å². The lowest BCUT2D eigenvalue weighted by Gasteiger charge is -2.30. The Morgan fingerprint density at radius 3 is 2.62 bits per heavy atom. The highest BCUT2D eigenvalue weighted by molar-refractivity contribution is 7.15. The second-order valence-electron chi connectivity index (χ2n) is 5.87. The summed E-state index contributed by atoms with van der Waals surface area (Å²) in [5.74, 6) is 0.160. The molecule has 1 aromatic rings. The van der Waals surface area contributed by atoms with Gasteiger partial charge >= 0.3 is 0 Å². The number of hydrogen-bond donors (Lipinski definition) is 1. The minimum Gasteiger partial charge on any atom is -0.343 e. The number of fused-ring (bicyclic) bond motifs is 1. The van der Waals surface area contributed by atoms with Gasteiger partial charge < -0.3 is 10.2 Å². The standard InChI is InChI=1S/C15H21N3O2S/c1-10(19)18-8-6-11(7-9-18)14(20)17-15-16-12-4-2-3-5-13(12)21-15/h11H,2-9H2,1H3,(H,16,17,20). The normalized spacial score (nSPS) is 19.2. The molecule has 1 fully saturated rings. The smallest absolute Gasteiger partial charge is 0.229 e. The number of likely N-dealkylation sites (tertiary alicyclic amines) is 1. The number of aryl methyl sites for hydroxylation is 2. The number of hydrogen-bond acceptors (Lipinski definition) is 4. The van der Waals surface area contributed by atoms with Crippen LogP contribution in [0, 0.1) is 5.92 Å². The van der Waals surface area contributed by atoms with Gasteiger partial charge in [0.1, 0.15) is 0 Å². The first-order valence-electron chi connectivity index (χ1n) is 7.68. The summed E-state index contributed by atoms with van der Waals surface area (Å²) in [7, 11) is 0. The lowest BCUT2D eigenvalue weighted by atomic mass is 9.96. The SMILES string of the molecule is CC(=O)N1CCC(C(=O)Nc2nc3c(s2)CCCC3)CC1. The molecule has 0 spiro atoms. The molecule has 2 aliphatic rings. The van der Waals surface area contributed by atoms with Crippen LogP contribution in [-0.4, -0.2) is 34.8 Å². The maximum atomic E-state index is 12.3. The Balaban J connectivity index is 1.57. The van der Waals surface area contributed by atoms with E-state index in [9.17, 15) is 9.59 Å². The van der Waals surface area contributed by atoms with Crippen LogP contribution in [0.15, 0.2) is 0 Å². The van der Waals surface area contributed by atoms with E-state index in [4.69, 9.17) is 0 Å². The van der Waals surface area contributed by atoms with Crippen molar-refractivity contribution in [3.05, 3.63) is 10.6 Å². The number of anilines is 1. The molecule has 3 rings (SSSR count). The van der Waals surface area contributed by atoms with Crippen molar-refractivity contribution in [2.45, 2.75) is 45.4 Å². The van der Waals surface area contributed by atoms with Crippen molar-refractivity contribution in [3.8, 4) is 0 Å². The Morgan fingerprint density at radius 1 is 1.24 bits per heavy atom. The Kier molecular flexibility index (Phi) is 4.24. The summed E-state index contributed by atoms with van der Waals surface area (Å²) in [5, 5.41) is 3.73. The molecule has 0 saturated carbocycles. The molecule has 21 heavy (non-hydrogen) atoms. The summed E-state index contributed by atoms with van der Waals surface area (Å²) >= 11 is 1.63. The van der Waals surface area contributed by atoms with Crippen LogP contribution >= 0.6 is 11.3 Å². The minimum absolute atomic E-state index is 0.00141. The second-order valence-corrected chi connectivity index (χ2v) is 6.95. The highest BCUT2D eigenvalue weighted by Crippen LogP contribution is 2.30. The van der Waals surface area contributed by atoms with E-state index in [1.54, 1.807) is 18.3 Å². The molecule has 2 amide bonds. The second kappa shape index (κ2) is 6.13. The molecule has 1 aliphatic carbocycles. The van der Waals surface area contributed by atoms with E-state index in [1.165, 1.54) is 23.4 Å². The van der Waals surface area contributed by atoms with E-state index < -0.39 is 0 Å². The molecule has 1 saturated heterocycles. The first kappa shape index (κ1) is 14.5. The van der Waals surface area contributed by atoms with Crippen LogP contribution < -0.4 is 5.32 Å². The largest absolute Gasteiger partial charge is 0.343 e. The third-order valence-corrected chi connectivity index (χ3v) is 5.46. The molecule has 2 heterocycles. The maximum Gasteiger partial charge on any atom is 0.229 e. The van der Waals surface area contributed by atoms with Crippen LogP contribution in [0.5, 0.6) is 0 Å². The fourth-order valence-corrected chi connectivity index (χ4v) is 4.12. The molecule has 0 aromatic carbocycles. The van der Waals surface area contributed by atoms with Gasteiger partial charge in [-0.25, -0.2) is 4.98 Å². The number of nitrogens with one attached hydrogen (secondary N) is 1. The van der Waals surface area contributed by atoms with Gasteiger partial charge in [-0.3, -0.25) is 9.59 Å². The van der Waals surface area contributed by atoms with Gasteiger partial charge in [0.25, 0.3) is 0 Å². The van der Waals surface area contributed by atoms with Crippen LogP contribution in [-0.2, 0) is 22.4 Å². The van der Waals surface area contributed by atoms with E-state index in [-0.39, 0.29) is 17.7 Å². The number of aromatic nitrogens is 1. The Hall–Kier alpha value is -1.43. The molecule has 114 valence electrons. The first-order chi connectivity index (χ1) is 10.1. The van der Waals surface area contributed by atoms with Crippen molar-refractivity contribution < 1.29 is 9.59 Å². The first-order valence-corrected chi connectivity index (χ1v) is 8.50. The highest BCUT2D eigenvalue weighted by atomic mass is 32.1. The van der Waals surface area contributed by atoms with Crippen molar-refractivity contribution in [2.75, 3.05) is 18.4 Å². The molecule has 5 nitrogen and oxygen atoms in total. The van der Waals surface area contributed by atoms with Gasteiger partial charge in [-0.2, -0.15) is 0 Å². The summed E-state index contributed by atoms with van der Waals surface area (Å²) in [4.78, 5) is 31.3. The van der Waals surface area contributed by atoms with Gasteiger partial charge in [0.05, 0.1) is 5.69 Å². The summed E-state index contributed by atoms with van der Waals surface area (Å²) in [6.45, 7) is 2.95. The molecule has 1 aliphatic heterocycles. The van der Waals surface area contributed by atoms with E-state index in [1.807, 2.05) is 4.90 Å². The molecule has 1 N–H and O–H groups in total. The van der Waals surface area contributed by atoms with Crippen molar-refractivity contribution >= 4 is 28.3 Å². The fourth-order valence-electron chi connectivity index (χ4n) is 3.07. The number of nitrogens with zero attached hydrogens (tertiary/aromatic N) is 2. The average Bonchev–Trinajstić information content (AvgIpc) is 2.89. The van der Waals surface area contributed by atoms with E-state index in [2.05, 4.69) is 10.3 Å². The average molecular weight is 307 g/mol. The van der Waals surface area contributed by atoms with Gasteiger partial charge in [0.2, 0.25) is 11.8 Å². The predicted octanol–water partition coefficient (Wildman–Crippen LogP) is 2.22. The quantitative estimate of drug-likeness (QED) is 0.911. The zero-order valence-corrected chi connectivity index (χ0v) is 13.2. The van der Waals surface area contributed by atoms with Crippen LogP contribution in [0.2, 0.25) is 0 Å². The van der Waals surface area contributed by atoms with E-state index in [0.29, 0.717) is 13.1 Å². The summed E-state index contributed by atoms with van der Waals surface area (Å²) < 4.78 is 0. The van der Waals surface area contributed by atoms with Gasteiger partial charge in [-0.1, -0.05) is 0 Å². The predicted molar refractivity (Wildman–Crippen MR) is 82.4 cm³/mol. The molecular weight excluding hydrogens is 286 g/mol. The number of carbonyl (C=O) groups is 2. The lowest BCUT2D eigenvalue weighted by molar-refractivity contribution is -0.132. The zero-order chi connectivity index (χ0) is 14.8. The van der Waals surface area contributed by atoms with Crippen LogP contribution in [0.25, 0.3) is 0 Å². The van der Waals surface area contributed by atoms with Crippen molar-refractivity contribution in [2.24, 2.45) is 5.92 Å². The Bertz CT molecular complexity index is 524. The Morgan fingerprint density at radius 2 is 1.95 bits per heavy atom. The van der Waals surface area contributed by atoms with Crippen LogP contribution in [0.4, 0.5) is 5.13 Å².